The van der Waals surface area contributed by atoms with Gasteiger partial charge in [0, 0.05) is 6.04 Å². The van der Waals surface area contributed by atoms with Crippen LogP contribution in [0.1, 0.15) is 31.4 Å². The van der Waals surface area contributed by atoms with Crippen molar-refractivity contribution in [2.45, 2.75) is 43.5 Å². The highest BCUT2D eigenvalue weighted by atomic mass is 32.2. The van der Waals surface area contributed by atoms with E-state index >= 15 is 0 Å². The maximum Gasteiger partial charge on any atom is 0.217 e. The van der Waals surface area contributed by atoms with Gasteiger partial charge in [0.2, 0.25) is 10.0 Å². The van der Waals surface area contributed by atoms with Gasteiger partial charge in [0.25, 0.3) is 0 Å². The van der Waals surface area contributed by atoms with E-state index in [1.165, 1.54) is 0 Å². The van der Waals surface area contributed by atoms with Gasteiger partial charge in [-0.25, -0.2) is 8.42 Å². The molecule has 1 saturated heterocycles. The second-order valence-electron chi connectivity index (χ2n) is 5.35. The van der Waals surface area contributed by atoms with Crippen molar-refractivity contribution < 1.29 is 12.8 Å². The number of piperidine rings is 1. The molecule has 2 fully saturated rings. The lowest BCUT2D eigenvalue weighted by atomic mass is 10.2. The average Bonchev–Trinajstić information content (AvgIpc) is 3.13. The molecule has 5 nitrogen and oxygen atoms in total. The molecule has 106 valence electrons. The molecule has 0 atom stereocenters. The quantitative estimate of drug-likeness (QED) is 0.886. The van der Waals surface area contributed by atoms with E-state index < -0.39 is 10.0 Å². The Morgan fingerprint density at radius 2 is 2.00 bits per heavy atom. The third kappa shape index (κ3) is 2.85. The highest BCUT2D eigenvalue weighted by Gasteiger charge is 2.41. The van der Waals surface area contributed by atoms with Crippen molar-refractivity contribution in [3.8, 4) is 0 Å². The van der Waals surface area contributed by atoms with Crippen LogP contribution in [-0.4, -0.2) is 37.1 Å². The van der Waals surface area contributed by atoms with E-state index in [9.17, 15) is 8.42 Å². The van der Waals surface area contributed by atoms with Crippen molar-refractivity contribution in [3.63, 3.8) is 0 Å². The Kier molecular flexibility index (Phi) is 3.64. The molecule has 0 spiro atoms. The molecule has 0 aromatic carbocycles. The van der Waals surface area contributed by atoms with Crippen LogP contribution < -0.4 is 5.32 Å². The zero-order valence-electron chi connectivity index (χ0n) is 10.9. The van der Waals surface area contributed by atoms with Crippen LogP contribution in [0.4, 0.5) is 0 Å². The van der Waals surface area contributed by atoms with Gasteiger partial charge in [0.15, 0.2) is 0 Å². The lowest BCUT2D eigenvalue weighted by molar-refractivity contribution is 0.345. The minimum absolute atomic E-state index is 0.185. The third-order valence-electron chi connectivity index (χ3n) is 3.88. The second-order valence-corrected chi connectivity index (χ2v) is 7.52. The number of hydrogen-bond donors (Lipinski definition) is 1. The third-order valence-corrected chi connectivity index (χ3v) is 6.28. The zero-order valence-corrected chi connectivity index (χ0v) is 11.7. The summed E-state index contributed by atoms with van der Waals surface area (Å²) >= 11 is 0. The van der Waals surface area contributed by atoms with Gasteiger partial charge in [-0.1, -0.05) is 0 Å². The summed E-state index contributed by atoms with van der Waals surface area (Å²) in [6.45, 7) is 1.97. The van der Waals surface area contributed by atoms with Crippen LogP contribution in [0.2, 0.25) is 0 Å². The maximum absolute atomic E-state index is 12.7. The van der Waals surface area contributed by atoms with E-state index in [1.807, 2.05) is 6.07 Å². The maximum atomic E-state index is 12.7. The highest BCUT2D eigenvalue weighted by Crippen LogP contribution is 2.33. The minimum atomic E-state index is -3.20. The van der Waals surface area contributed by atoms with Crippen LogP contribution in [0.15, 0.2) is 22.8 Å². The first-order valence-electron chi connectivity index (χ1n) is 6.91. The molecule has 6 heteroatoms. The first-order valence-corrected chi connectivity index (χ1v) is 8.42. The Labute approximate surface area is 114 Å². The van der Waals surface area contributed by atoms with E-state index in [0.29, 0.717) is 19.4 Å². The summed E-state index contributed by atoms with van der Waals surface area (Å²) in [4.78, 5) is 0. The molecule has 19 heavy (non-hydrogen) atoms. The van der Waals surface area contributed by atoms with Crippen LogP contribution >= 0.6 is 0 Å². The Morgan fingerprint density at radius 1 is 1.26 bits per heavy atom. The van der Waals surface area contributed by atoms with Gasteiger partial charge in [-0.15, -0.1) is 0 Å². The first-order chi connectivity index (χ1) is 9.18. The summed E-state index contributed by atoms with van der Waals surface area (Å²) in [7, 11) is -3.20. The average molecular weight is 284 g/mol. The summed E-state index contributed by atoms with van der Waals surface area (Å²) in [6, 6.07) is 3.83. The zero-order chi connectivity index (χ0) is 13.3. The van der Waals surface area contributed by atoms with Crippen LogP contribution in [0.3, 0.4) is 0 Å². The van der Waals surface area contributed by atoms with Gasteiger partial charge >= 0.3 is 0 Å². The Morgan fingerprint density at radius 3 is 2.58 bits per heavy atom. The number of rotatable bonds is 5. The SMILES string of the molecule is O=S(=O)(C1CCNCC1)N(Cc1ccco1)C1CC1. The molecule has 1 aliphatic carbocycles. The summed E-state index contributed by atoms with van der Waals surface area (Å²) < 4.78 is 32.5. The van der Waals surface area contributed by atoms with E-state index in [1.54, 1.807) is 16.6 Å². The number of nitrogens with zero attached hydrogens (tertiary/aromatic N) is 1. The lowest BCUT2D eigenvalue weighted by Crippen LogP contribution is -2.44. The summed E-state index contributed by atoms with van der Waals surface area (Å²) in [6.07, 6.45) is 4.97. The molecular formula is C13H20N2O3S. The van der Waals surface area contributed by atoms with Crippen molar-refractivity contribution in [2.75, 3.05) is 13.1 Å². The molecule has 1 aliphatic heterocycles. The number of furan rings is 1. The van der Waals surface area contributed by atoms with Crippen LogP contribution in [-0.2, 0) is 16.6 Å². The predicted molar refractivity (Wildman–Crippen MR) is 72.1 cm³/mol. The highest BCUT2D eigenvalue weighted by molar-refractivity contribution is 7.89. The fourth-order valence-electron chi connectivity index (χ4n) is 2.63. The molecule has 1 N–H and O–H groups in total. The molecule has 0 radical (unpaired) electrons. The lowest BCUT2D eigenvalue weighted by Gasteiger charge is -2.29. The number of nitrogens with one attached hydrogen (secondary N) is 1. The molecule has 0 amide bonds. The number of hydrogen-bond acceptors (Lipinski definition) is 4. The number of sulfonamides is 1. The second kappa shape index (κ2) is 5.26. The molecule has 2 aliphatic rings. The Hall–Kier alpha value is -0.850. The van der Waals surface area contributed by atoms with E-state index in [4.69, 9.17) is 4.42 Å². The molecule has 1 aromatic rings. The van der Waals surface area contributed by atoms with E-state index in [-0.39, 0.29) is 11.3 Å². The smallest absolute Gasteiger partial charge is 0.217 e. The fourth-order valence-corrected chi connectivity index (χ4v) is 4.78. The van der Waals surface area contributed by atoms with Gasteiger partial charge in [0.05, 0.1) is 18.1 Å². The molecule has 2 heterocycles. The van der Waals surface area contributed by atoms with Crippen LogP contribution in [0.5, 0.6) is 0 Å². The minimum Gasteiger partial charge on any atom is -0.468 e. The molecule has 0 unspecified atom stereocenters. The van der Waals surface area contributed by atoms with Gasteiger partial charge < -0.3 is 9.73 Å². The summed E-state index contributed by atoms with van der Waals surface area (Å²) in [5.41, 5.74) is 0. The topological polar surface area (TPSA) is 62.6 Å². The van der Waals surface area contributed by atoms with Crippen molar-refractivity contribution in [1.82, 2.24) is 9.62 Å². The Bertz CT molecular complexity index is 502. The van der Waals surface area contributed by atoms with Gasteiger partial charge in [-0.2, -0.15) is 4.31 Å². The van der Waals surface area contributed by atoms with E-state index in [0.717, 1.165) is 31.7 Å². The summed E-state index contributed by atoms with van der Waals surface area (Å²) in [5, 5.41) is 2.98. The first kappa shape index (κ1) is 13.1. The van der Waals surface area contributed by atoms with Gasteiger partial charge in [-0.05, 0) is 50.9 Å². The van der Waals surface area contributed by atoms with Crippen molar-refractivity contribution in [1.29, 1.82) is 0 Å². The largest absolute Gasteiger partial charge is 0.468 e. The van der Waals surface area contributed by atoms with Crippen molar-refractivity contribution >= 4 is 10.0 Å². The summed E-state index contributed by atoms with van der Waals surface area (Å²) in [5.74, 6) is 0.726. The molecule has 0 bridgehead atoms. The monoisotopic (exact) mass is 284 g/mol. The van der Waals surface area contributed by atoms with Gasteiger partial charge in [-0.3, -0.25) is 0 Å². The normalized spacial score (nSPS) is 21.9. The van der Waals surface area contributed by atoms with Crippen molar-refractivity contribution in [2.24, 2.45) is 0 Å². The molecule has 3 rings (SSSR count). The molecule has 1 aromatic heterocycles. The standard InChI is InChI=1S/C13H20N2O3S/c16-19(17,13-5-7-14-8-6-13)15(11-3-4-11)10-12-2-1-9-18-12/h1-2,9,11,13-14H,3-8,10H2. The fraction of sp³-hybridized carbons (Fsp3) is 0.692. The molecular weight excluding hydrogens is 264 g/mol. The van der Waals surface area contributed by atoms with Crippen LogP contribution in [0, 0.1) is 0 Å². The van der Waals surface area contributed by atoms with Crippen molar-refractivity contribution in [3.05, 3.63) is 24.2 Å². The Balaban J connectivity index is 1.78. The van der Waals surface area contributed by atoms with Crippen LogP contribution in [0.25, 0.3) is 0 Å². The predicted octanol–water partition coefficient (Wildman–Crippen LogP) is 1.33. The van der Waals surface area contributed by atoms with Gasteiger partial charge in [0.1, 0.15) is 5.76 Å². The molecule has 1 saturated carbocycles. The van der Waals surface area contributed by atoms with E-state index in [2.05, 4.69) is 5.32 Å².